The Morgan fingerprint density at radius 2 is 1.94 bits per heavy atom. The van der Waals surface area contributed by atoms with E-state index in [9.17, 15) is 4.79 Å². The maximum atomic E-state index is 12.7. The highest BCUT2D eigenvalue weighted by molar-refractivity contribution is 5.98. The molecule has 1 heterocycles. The van der Waals surface area contributed by atoms with Gasteiger partial charge in [0.2, 0.25) is 5.91 Å². The van der Waals surface area contributed by atoms with Gasteiger partial charge in [-0.3, -0.25) is 4.79 Å². The van der Waals surface area contributed by atoms with Crippen molar-refractivity contribution in [3.8, 4) is 11.5 Å². The Balaban J connectivity index is 1.39. The van der Waals surface area contributed by atoms with Crippen LogP contribution in [0.5, 0.6) is 11.5 Å². The fourth-order valence-corrected chi connectivity index (χ4v) is 3.79. The van der Waals surface area contributed by atoms with E-state index in [1.807, 2.05) is 67.3 Å². The van der Waals surface area contributed by atoms with E-state index in [2.05, 4.69) is 6.07 Å². The van der Waals surface area contributed by atoms with Crippen molar-refractivity contribution in [2.24, 2.45) is 13.0 Å². The van der Waals surface area contributed by atoms with Crippen LogP contribution in [0, 0.1) is 5.92 Å². The Hall–Kier alpha value is -3.21. The number of benzene rings is 2. The number of hydrogen-bond acceptors (Lipinski definition) is 3. The Bertz CT molecular complexity index is 1100. The topological polar surface area (TPSA) is 43.7 Å². The normalized spacial score (nSPS) is 13.6. The van der Waals surface area contributed by atoms with Crippen LogP contribution in [0.1, 0.15) is 24.0 Å². The highest BCUT2D eigenvalue weighted by Crippen LogP contribution is 2.31. The molecule has 31 heavy (non-hydrogen) atoms. The monoisotopic (exact) mass is 418 g/mol. The van der Waals surface area contributed by atoms with Gasteiger partial charge in [-0.25, -0.2) is 0 Å². The molecule has 1 amide bonds. The van der Waals surface area contributed by atoms with Crippen molar-refractivity contribution in [3.63, 3.8) is 0 Å². The summed E-state index contributed by atoms with van der Waals surface area (Å²) < 4.78 is 13.5. The highest BCUT2D eigenvalue weighted by atomic mass is 16.5. The summed E-state index contributed by atoms with van der Waals surface area (Å²) in [6.45, 7) is 1.43. The number of rotatable bonds is 9. The van der Waals surface area contributed by atoms with Crippen LogP contribution in [0.25, 0.3) is 17.0 Å². The van der Waals surface area contributed by atoms with Gasteiger partial charge in [-0.15, -0.1) is 0 Å². The summed E-state index contributed by atoms with van der Waals surface area (Å²) in [4.78, 5) is 14.4. The molecule has 5 heteroatoms. The number of ether oxygens (including phenoxy) is 2. The molecule has 0 bridgehead atoms. The van der Waals surface area contributed by atoms with Crippen molar-refractivity contribution in [2.75, 3.05) is 27.3 Å². The molecule has 0 spiro atoms. The molecule has 3 aromatic rings. The quantitative estimate of drug-likeness (QED) is 0.474. The Kier molecular flexibility index (Phi) is 6.31. The summed E-state index contributed by atoms with van der Waals surface area (Å²) in [7, 11) is 5.50. The van der Waals surface area contributed by atoms with Crippen molar-refractivity contribution in [1.29, 1.82) is 0 Å². The zero-order chi connectivity index (χ0) is 21.8. The second kappa shape index (κ2) is 9.29. The number of carbonyl (C=O) groups is 1. The van der Waals surface area contributed by atoms with Crippen molar-refractivity contribution in [1.82, 2.24) is 9.47 Å². The van der Waals surface area contributed by atoms with Crippen LogP contribution >= 0.6 is 0 Å². The van der Waals surface area contributed by atoms with Gasteiger partial charge < -0.3 is 18.9 Å². The molecule has 0 saturated heterocycles. The summed E-state index contributed by atoms with van der Waals surface area (Å²) in [5.41, 5.74) is 3.16. The average Bonchev–Trinajstić information content (AvgIpc) is 3.57. The second-order valence-electron chi connectivity index (χ2n) is 8.26. The predicted molar refractivity (Wildman–Crippen MR) is 125 cm³/mol. The predicted octanol–water partition coefficient (Wildman–Crippen LogP) is 4.69. The number of fused-ring (bicyclic) bond motifs is 1. The van der Waals surface area contributed by atoms with Crippen molar-refractivity contribution in [2.45, 2.75) is 19.3 Å². The lowest BCUT2D eigenvalue weighted by Gasteiger charge is -2.17. The van der Waals surface area contributed by atoms with Gasteiger partial charge in [0.25, 0.3) is 0 Å². The molecule has 5 nitrogen and oxygen atoms in total. The lowest BCUT2D eigenvalue weighted by Crippen LogP contribution is -2.27. The van der Waals surface area contributed by atoms with E-state index in [1.165, 1.54) is 12.8 Å². The van der Waals surface area contributed by atoms with Crippen molar-refractivity contribution < 1.29 is 14.3 Å². The van der Waals surface area contributed by atoms with E-state index in [4.69, 9.17) is 9.47 Å². The van der Waals surface area contributed by atoms with E-state index < -0.39 is 0 Å². The standard InChI is InChI=1S/C26H30N2O3/c1-27(16-15-20-7-4-5-9-23(20)31-18-19-11-12-19)25(29)14-13-21-17-28(2)26-22(21)8-6-10-24(26)30-3/h4-10,13-14,17,19H,11-12,15-16,18H2,1-3H3/b14-13+. The molecule has 1 saturated carbocycles. The molecule has 4 rings (SSSR count). The number of amides is 1. The van der Waals surface area contributed by atoms with Gasteiger partial charge in [-0.1, -0.05) is 30.3 Å². The van der Waals surface area contributed by atoms with Crippen molar-refractivity contribution >= 4 is 22.9 Å². The zero-order valence-electron chi connectivity index (χ0n) is 18.5. The lowest BCUT2D eigenvalue weighted by molar-refractivity contribution is -0.124. The summed E-state index contributed by atoms with van der Waals surface area (Å²) in [5, 5.41) is 1.07. The smallest absolute Gasteiger partial charge is 0.246 e. The van der Waals surface area contributed by atoms with E-state index in [-0.39, 0.29) is 5.91 Å². The molecule has 0 aliphatic heterocycles. The molecule has 0 radical (unpaired) electrons. The highest BCUT2D eigenvalue weighted by Gasteiger charge is 2.22. The fraction of sp³-hybridized carbons (Fsp3) is 0.346. The van der Waals surface area contributed by atoms with Crippen LogP contribution in [0.4, 0.5) is 0 Å². The van der Waals surface area contributed by atoms with E-state index >= 15 is 0 Å². The van der Waals surface area contributed by atoms with Gasteiger partial charge in [0.05, 0.1) is 19.2 Å². The average molecular weight is 419 g/mol. The van der Waals surface area contributed by atoms with Gasteiger partial charge in [-0.05, 0) is 49.0 Å². The van der Waals surface area contributed by atoms with Crippen molar-refractivity contribution in [3.05, 3.63) is 65.9 Å². The summed E-state index contributed by atoms with van der Waals surface area (Å²) in [5.74, 6) is 2.47. The second-order valence-corrected chi connectivity index (χ2v) is 8.26. The minimum atomic E-state index is -0.0173. The molecule has 1 aliphatic rings. The van der Waals surface area contributed by atoms with Gasteiger partial charge >= 0.3 is 0 Å². The minimum Gasteiger partial charge on any atom is -0.495 e. The van der Waals surface area contributed by atoms with Crippen LogP contribution in [0.15, 0.2) is 54.7 Å². The minimum absolute atomic E-state index is 0.0173. The molecule has 1 fully saturated rings. The first kappa shape index (κ1) is 21.0. The molecule has 162 valence electrons. The number of para-hydroxylation sites is 2. The Morgan fingerprint density at radius 1 is 1.16 bits per heavy atom. The fourth-order valence-electron chi connectivity index (χ4n) is 3.79. The van der Waals surface area contributed by atoms with Gasteiger partial charge in [0, 0.05) is 43.9 Å². The number of aromatic nitrogens is 1. The molecule has 1 aliphatic carbocycles. The number of nitrogens with zero attached hydrogens (tertiary/aromatic N) is 2. The molecule has 1 aromatic heterocycles. The first-order valence-corrected chi connectivity index (χ1v) is 10.8. The maximum Gasteiger partial charge on any atom is 0.246 e. The molecule has 0 N–H and O–H groups in total. The third-order valence-corrected chi connectivity index (χ3v) is 5.86. The molecule has 0 atom stereocenters. The Labute approximate surface area is 183 Å². The van der Waals surface area contributed by atoms with Crippen LogP contribution in [-0.2, 0) is 18.3 Å². The number of likely N-dealkylation sites (N-methyl/N-ethyl adjacent to an activating group) is 1. The van der Waals surface area contributed by atoms with E-state index in [1.54, 1.807) is 18.1 Å². The summed E-state index contributed by atoms with van der Waals surface area (Å²) in [6.07, 6.45) is 8.86. The number of aryl methyl sites for hydroxylation is 1. The van der Waals surface area contributed by atoms with Crippen LogP contribution in [0.2, 0.25) is 0 Å². The third-order valence-electron chi connectivity index (χ3n) is 5.86. The number of carbonyl (C=O) groups excluding carboxylic acids is 1. The number of methoxy groups -OCH3 is 1. The van der Waals surface area contributed by atoms with Crippen LogP contribution < -0.4 is 9.47 Å². The van der Waals surface area contributed by atoms with Crippen LogP contribution in [-0.4, -0.2) is 42.7 Å². The Morgan fingerprint density at radius 3 is 2.71 bits per heavy atom. The SMILES string of the molecule is COc1cccc2c(/C=C/C(=O)N(C)CCc3ccccc3OCC3CC3)cn(C)c12. The third kappa shape index (κ3) is 4.93. The zero-order valence-corrected chi connectivity index (χ0v) is 18.5. The summed E-state index contributed by atoms with van der Waals surface area (Å²) in [6, 6.07) is 14.1. The molecular weight excluding hydrogens is 388 g/mol. The van der Waals surface area contributed by atoms with Gasteiger partial charge in [0.1, 0.15) is 11.5 Å². The van der Waals surface area contributed by atoms with E-state index in [0.717, 1.165) is 52.5 Å². The van der Waals surface area contributed by atoms with Gasteiger partial charge in [-0.2, -0.15) is 0 Å². The van der Waals surface area contributed by atoms with Crippen LogP contribution in [0.3, 0.4) is 0 Å². The molecule has 0 unspecified atom stereocenters. The number of hydrogen-bond donors (Lipinski definition) is 0. The lowest BCUT2D eigenvalue weighted by atomic mass is 10.1. The first-order chi connectivity index (χ1) is 15.1. The largest absolute Gasteiger partial charge is 0.495 e. The first-order valence-electron chi connectivity index (χ1n) is 10.8. The van der Waals surface area contributed by atoms with E-state index in [0.29, 0.717) is 6.54 Å². The molecule has 2 aromatic carbocycles. The van der Waals surface area contributed by atoms with Gasteiger partial charge in [0.15, 0.2) is 0 Å². The maximum absolute atomic E-state index is 12.7. The molecular formula is C26H30N2O3. The summed E-state index contributed by atoms with van der Waals surface area (Å²) >= 11 is 0.